The van der Waals surface area contributed by atoms with Crippen molar-refractivity contribution in [3.63, 3.8) is 0 Å². The molecule has 500 valence electrons. The molecule has 8 unspecified atom stereocenters. The molecule has 6 N–H and O–H groups in total. The van der Waals surface area contributed by atoms with Gasteiger partial charge in [-0.15, -0.1) is 0 Å². The number of hydrogen-bond acceptors (Lipinski definition) is 10. The van der Waals surface area contributed by atoms with Crippen molar-refractivity contribution in [2.75, 3.05) is 13.2 Å². The number of amides is 1. The summed E-state index contributed by atoms with van der Waals surface area (Å²) in [6, 6.07) is -1.04. The van der Waals surface area contributed by atoms with Crippen molar-refractivity contribution in [3.8, 4) is 0 Å². The number of hydrogen-bond donors (Lipinski definition) is 6. The highest BCUT2D eigenvalue weighted by atomic mass is 16.7. The maximum absolute atomic E-state index is 13.5. The van der Waals surface area contributed by atoms with E-state index in [1.54, 1.807) is 6.08 Å². The Morgan fingerprint density at radius 3 is 1.26 bits per heavy atom. The molecule has 0 saturated carbocycles. The van der Waals surface area contributed by atoms with Crippen LogP contribution in [0.4, 0.5) is 0 Å². The zero-order valence-electron chi connectivity index (χ0n) is 55.6. The van der Waals surface area contributed by atoms with Crippen LogP contribution in [-0.4, -0.2) is 99.6 Å². The predicted octanol–water partition coefficient (Wildman–Crippen LogP) is 18.4. The number of carbonyl (C=O) groups is 2. The summed E-state index contributed by atoms with van der Waals surface area (Å²) in [6.07, 6.45) is 75.4. The third-order valence-electron chi connectivity index (χ3n) is 16.2. The van der Waals surface area contributed by atoms with Crippen LogP contribution in [0.15, 0.2) is 109 Å². The maximum atomic E-state index is 13.5. The summed E-state index contributed by atoms with van der Waals surface area (Å²) in [5.74, 6) is -1.21. The molecule has 0 spiro atoms. The summed E-state index contributed by atoms with van der Waals surface area (Å²) >= 11 is 0. The van der Waals surface area contributed by atoms with Gasteiger partial charge in [-0.05, 0) is 109 Å². The van der Waals surface area contributed by atoms with E-state index in [-0.39, 0.29) is 19.4 Å². The molecular formula is C76H131NO10. The largest absolute Gasteiger partial charge is 0.454 e. The Labute approximate surface area is 532 Å². The highest BCUT2D eigenvalue weighted by Gasteiger charge is 2.47. The number of unbranched alkanes of at least 4 members (excludes halogenated alkanes) is 30. The molecule has 11 heteroatoms. The number of rotatable bonds is 60. The van der Waals surface area contributed by atoms with E-state index < -0.39 is 67.4 Å². The van der Waals surface area contributed by atoms with E-state index in [4.69, 9.17) is 14.2 Å². The predicted molar refractivity (Wildman–Crippen MR) is 365 cm³/mol. The molecule has 0 bridgehead atoms. The number of carbonyl (C=O) groups excluding carboxylic acids is 2. The van der Waals surface area contributed by atoms with Gasteiger partial charge in [0.1, 0.15) is 24.4 Å². The second kappa shape index (κ2) is 62.5. The normalized spacial score (nSPS) is 18.9. The fraction of sp³-hybridized carbons (Fsp3) is 0.737. The summed E-state index contributed by atoms with van der Waals surface area (Å²) < 4.78 is 17.7. The van der Waals surface area contributed by atoms with Crippen LogP contribution >= 0.6 is 0 Å². The molecule has 87 heavy (non-hydrogen) atoms. The summed E-state index contributed by atoms with van der Waals surface area (Å²) in [4.78, 5) is 26.7. The lowest BCUT2D eigenvalue weighted by molar-refractivity contribution is -0.305. The van der Waals surface area contributed by atoms with Crippen molar-refractivity contribution < 1.29 is 49.3 Å². The fourth-order valence-corrected chi connectivity index (χ4v) is 10.6. The molecule has 1 heterocycles. The zero-order chi connectivity index (χ0) is 63.1. The standard InChI is InChI=1S/C76H131NO10/c1-4-7-10-13-16-19-22-25-27-29-31-33-35-37-39-41-43-46-49-52-55-58-61-64-71(81)87-74-73(83)72(82)70(65-78)86-76(74)85-66-67(68(79)62-59-56-53-50-47-44-24-21-18-15-12-9-6-3)77-75(84)69(80)63-60-57-54-51-48-45-42-40-38-36-34-32-30-28-26-23-20-17-14-11-8-5-2/h8,11,16-17,19-20,25-28,31-34,38,40,59,62,67-70,72-74,76,78-80,82-83H,4-7,9-10,12-15,18,21-24,29-30,35-37,39,41-58,60-61,63-66H2,1-3H3,(H,77,84)/b11-8-,19-16-,20-17-,27-25-,28-26-,33-31-,34-32-,40-38-,62-59+. The Bertz CT molecular complexity index is 1830. The Morgan fingerprint density at radius 1 is 0.460 bits per heavy atom. The average Bonchev–Trinajstić information content (AvgIpc) is 2.25. The first-order chi connectivity index (χ1) is 42.7. The molecule has 1 rings (SSSR count). The second-order valence-corrected chi connectivity index (χ2v) is 24.2. The molecule has 0 aliphatic carbocycles. The van der Waals surface area contributed by atoms with Crippen molar-refractivity contribution in [2.45, 2.75) is 346 Å². The van der Waals surface area contributed by atoms with E-state index in [1.807, 2.05) is 6.08 Å². The van der Waals surface area contributed by atoms with E-state index >= 15 is 0 Å². The quantitative estimate of drug-likeness (QED) is 0.0195. The minimum atomic E-state index is -1.62. The molecule has 1 aliphatic heterocycles. The molecule has 1 amide bonds. The second-order valence-electron chi connectivity index (χ2n) is 24.2. The van der Waals surface area contributed by atoms with E-state index in [0.717, 1.165) is 135 Å². The van der Waals surface area contributed by atoms with Crippen molar-refractivity contribution in [3.05, 3.63) is 109 Å². The highest BCUT2D eigenvalue weighted by Crippen LogP contribution is 2.26. The van der Waals surface area contributed by atoms with Gasteiger partial charge in [-0.2, -0.15) is 0 Å². The summed E-state index contributed by atoms with van der Waals surface area (Å²) in [7, 11) is 0. The third kappa shape index (κ3) is 49.7. The fourth-order valence-electron chi connectivity index (χ4n) is 10.6. The maximum Gasteiger partial charge on any atom is 0.306 e. The topological polar surface area (TPSA) is 175 Å². The van der Waals surface area contributed by atoms with Gasteiger partial charge in [0.2, 0.25) is 5.91 Å². The van der Waals surface area contributed by atoms with Gasteiger partial charge in [0.25, 0.3) is 0 Å². The van der Waals surface area contributed by atoms with Crippen LogP contribution in [0, 0.1) is 0 Å². The molecular weight excluding hydrogens is 1090 g/mol. The van der Waals surface area contributed by atoms with Crippen molar-refractivity contribution in [1.82, 2.24) is 5.32 Å². The smallest absolute Gasteiger partial charge is 0.306 e. The van der Waals surface area contributed by atoms with Gasteiger partial charge in [0.05, 0.1) is 25.4 Å². The lowest BCUT2D eigenvalue weighted by Crippen LogP contribution is -2.61. The Balaban J connectivity index is 2.62. The molecule has 0 radical (unpaired) electrons. The number of ether oxygens (including phenoxy) is 3. The number of allylic oxidation sites excluding steroid dienone is 17. The molecule has 0 aromatic heterocycles. The molecule has 1 fully saturated rings. The number of nitrogens with one attached hydrogen (secondary N) is 1. The minimum absolute atomic E-state index is 0.113. The van der Waals surface area contributed by atoms with Crippen molar-refractivity contribution in [2.24, 2.45) is 0 Å². The van der Waals surface area contributed by atoms with Gasteiger partial charge in [-0.3, -0.25) is 9.59 Å². The Morgan fingerprint density at radius 2 is 0.828 bits per heavy atom. The number of aliphatic hydroxyl groups excluding tert-OH is 5. The molecule has 0 aromatic rings. The minimum Gasteiger partial charge on any atom is -0.454 e. The summed E-state index contributed by atoms with van der Waals surface area (Å²) in [5.41, 5.74) is 0. The van der Waals surface area contributed by atoms with Crippen molar-refractivity contribution in [1.29, 1.82) is 0 Å². The first-order valence-electron chi connectivity index (χ1n) is 35.7. The summed E-state index contributed by atoms with van der Waals surface area (Å²) in [5, 5.41) is 57.3. The number of esters is 1. The zero-order valence-corrected chi connectivity index (χ0v) is 55.6. The van der Waals surface area contributed by atoms with Crippen LogP contribution in [0.2, 0.25) is 0 Å². The SMILES string of the molecule is CC/C=C\C/C=C\C/C=C\C/C=C\C/C=C\CCCCCCCCC(O)C(=O)NC(COC1OC(CO)C(O)C(O)C1OC(=O)CCCCCCCCCCCC/C=C\C/C=C\C/C=C\CCCCC)C(O)/C=C/CCCCCCCCCCCCC. The van der Waals surface area contributed by atoms with Gasteiger partial charge in [0.15, 0.2) is 12.4 Å². The molecule has 0 aromatic carbocycles. The monoisotopic (exact) mass is 1220 g/mol. The van der Waals surface area contributed by atoms with Gasteiger partial charge < -0.3 is 45.1 Å². The summed E-state index contributed by atoms with van der Waals surface area (Å²) in [6.45, 7) is 5.66. The van der Waals surface area contributed by atoms with E-state index in [9.17, 15) is 35.1 Å². The van der Waals surface area contributed by atoms with Crippen LogP contribution in [0.3, 0.4) is 0 Å². The Hall–Kier alpha value is -3.68. The molecule has 11 nitrogen and oxygen atoms in total. The Kier molecular flexibility index (Phi) is 58.4. The van der Waals surface area contributed by atoms with Crippen LogP contribution in [-0.2, 0) is 23.8 Å². The molecule has 8 atom stereocenters. The van der Waals surface area contributed by atoms with Gasteiger partial charge >= 0.3 is 5.97 Å². The highest BCUT2D eigenvalue weighted by molar-refractivity contribution is 5.80. The number of aliphatic hydroxyl groups is 5. The van der Waals surface area contributed by atoms with Gasteiger partial charge in [-0.1, -0.05) is 291 Å². The lowest BCUT2D eigenvalue weighted by Gasteiger charge is -2.41. The molecule has 1 saturated heterocycles. The average molecular weight is 1220 g/mol. The van der Waals surface area contributed by atoms with E-state index in [0.29, 0.717) is 12.8 Å². The van der Waals surface area contributed by atoms with Crippen LogP contribution in [0.25, 0.3) is 0 Å². The first-order valence-corrected chi connectivity index (χ1v) is 35.7. The first kappa shape index (κ1) is 81.3. The van der Waals surface area contributed by atoms with Crippen LogP contribution in [0.5, 0.6) is 0 Å². The van der Waals surface area contributed by atoms with Crippen LogP contribution in [0.1, 0.15) is 297 Å². The van der Waals surface area contributed by atoms with E-state index in [1.165, 1.54) is 116 Å². The lowest BCUT2D eigenvalue weighted by atomic mass is 9.99. The third-order valence-corrected chi connectivity index (χ3v) is 16.2. The van der Waals surface area contributed by atoms with Crippen LogP contribution < -0.4 is 5.32 Å². The van der Waals surface area contributed by atoms with Gasteiger partial charge in [-0.25, -0.2) is 0 Å². The van der Waals surface area contributed by atoms with Gasteiger partial charge in [0, 0.05) is 6.42 Å². The van der Waals surface area contributed by atoms with E-state index in [2.05, 4.69) is 123 Å². The molecule has 1 aliphatic rings. The van der Waals surface area contributed by atoms with Crippen molar-refractivity contribution >= 4 is 11.9 Å².